The second-order valence-electron chi connectivity index (χ2n) is 6.72. The van der Waals surface area contributed by atoms with Gasteiger partial charge in [0.1, 0.15) is 37.4 Å². The van der Waals surface area contributed by atoms with E-state index in [1.807, 2.05) is 0 Å². The van der Waals surface area contributed by atoms with Gasteiger partial charge in [0.05, 0.1) is 11.6 Å². The second kappa shape index (κ2) is 10.0. The molecule has 0 aliphatic carbocycles. The molecule has 0 aliphatic heterocycles. The van der Waals surface area contributed by atoms with Gasteiger partial charge in [-0.15, -0.1) is 0 Å². The van der Waals surface area contributed by atoms with Gasteiger partial charge < -0.3 is 29.5 Å². The molecular formula is C16H22N5O9P. The van der Waals surface area contributed by atoms with E-state index in [-0.39, 0.29) is 16.7 Å². The molecule has 170 valence electrons. The highest BCUT2D eigenvalue weighted by Crippen LogP contribution is 2.35. The molecule has 15 heteroatoms. The van der Waals surface area contributed by atoms with Crippen LogP contribution in [0, 0.1) is 22.8 Å². The number of aromatic nitrogens is 3. The third kappa shape index (κ3) is 6.11. The summed E-state index contributed by atoms with van der Waals surface area (Å²) in [7, 11) is -4.76. The van der Waals surface area contributed by atoms with Crippen LogP contribution in [0.15, 0.2) is 18.5 Å². The minimum absolute atomic E-state index is 0.0285. The van der Waals surface area contributed by atoms with E-state index in [0.29, 0.717) is 0 Å². The molecule has 0 spiro atoms. The van der Waals surface area contributed by atoms with Gasteiger partial charge in [0.2, 0.25) is 0 Å². The van der Waals surface area contributed by atoms with Crippen molar-refractivity contribution in [1.29, 1.82) is 10.7 Å². The summed E-state index contributed by atoms with van der Waals surface area (Å²) in [5.41, 5.74) is -0.0880. The summed E-state index contributed by atoms with van der Waals surface area (Å²) in [6.45, 7) is 2.07. The molecule has 2 aromatic rings. The van der Waals surface area contributed by atoms with Crippen molar-refractivity contribution in [3.05, 3.63) is 29.6 Å². The van der Waals surface area contributed by atoms with E-state index in [4.69, 9.17) is 29.9 Å². The standard InChI is InChI=1S/C16H22N5O9P/c1-9(2)16(24)28-5-12(29-6-17)14(23)13(22)10-3-4-11-15(18)20(7-19-21(10)11)8-30-31(25,26)27/h3-4,7,9,12-14,18,22-23H,5,8H2,1-2H3,(H2,25,26,27)/t12-,13+,14-/m1/s1. The van der Waals surface area contributed by atoms with Crippen molar-refractivity contribution in [2.45, 2.75) is 38.9 Å². The normalized spacial score (nSPS) is 14.8. The summed E-state index contributed by atoms with van der Waals surface area (Å²) in [6, 6.07) is 2.74. The van der Waals surface area contributed by atoms with E-state index in [0.717, 1.165) is 15.4 Å². The van der Waals surface area contributed by atoms with Crippen molar-refractivity contribution in [3.63, 3.8) is 0 Å². The number of phosphoric ester groups is 1. The zero-order valence-electron chi connectivity index (χ0n) is 16.5. The number of rotatable bonds is 10. The SMILES string of the molecule is CC(C)C(=O)OC[C@@H](OC#N)[C@@H](O)[C@@H](O)c1ccc2c(=N)n(COP(=O)(O)O)cnn12. The van der Waals surface area contributed by atoms with Gasteiger partial charge in [-0.05, 0) is 12.1 Å². The number of fused-ring (bicyclic) bond motifs is 1. The molecule has 0 radical (unpaired) electrons. The van der Waals surface area contributed by atoms with Gasteiger partial charge in [-0.2, -0.15) is 10.4 Å². The number of hydrogen-bond acceptors (Lipinski definition) is 10. The smallest absolute Gasteiger partial charge is 0.461 e. The fourth-order valence-electron chi connectivity index (χ4n) is 2.51. The number of nitriles is 1. The Bertz CT molecular complexity index is 1070. The van der Waals surface area contributed by atoms with Gasteiger partial charge in [0, 0.05) is 0 Å². The summed E-state index contributed by atoms with van der Waals surface area (Å²) in [5.74, 6) is -1.02. The predicted molar refractivity (Wildman–Crippen MR) is 99.4 cm³/mol. The summed E-state index contributed by atoms with van der Waals surface area (Å²) in [5, 5.41) is 41.9. The highest BCUT2D eigenvalue weighted by Gasteiger charge is 2.32. The maximum atomic E-state index is 11.6. The van der Waals surface area contributed by atoms with Crippen LogP contribution in [0.1, 0.15) is 25.6 Å². The van der Waals surface area contributed by atoms with Crippen LogP contribution in [-0.4, -0.2) is 59.0 Å². The van der Waals surface area contributed by atoms with Gasteiger partial charge in [-0.25, -0.2) is 9.08 Å². The lowest BCUT2D eigenvalue weighted by Gasteiger charge is -2.24. The first-order valence-electron chi connectivity index (χ1n) is 8.85. The molecule has 0 saturated heterocycles. The molecule has 0 aliphatic rings. The fourth-order valence-corrected chi connectivity index (χ4v) is 2.78. The number of hydrogen-bond donors (Lipinski definition) is 5. The van der Waals surface area contributed by atoms with E-state index in [2.05, 4.69) is 9.62 Å². The van der Waals surface area contributed by atoms with Crippen molar-refractivity contribution >= 4 is 19.3 Å². The number of phosphoric acid groups is 1. The van der Waals surface area contributed by atoms with Gasteiger partial charge >= 0.3 is 13.8 Å². The summed E-state index contributed by atoms with van der Waals surface area (Å²) in [6.07, 6.45) is -2.28. The molecule has 0 bridgehead atoms. The Morgan fingerprint density at radius 3 is 2.61 bits per heavy atom. The van der Waals surface area contributed by atoms with Crippen molar-refractivity contribution in [3.8, 4) is 6.26 Å². The van der Waals surface area contributed by atoms with Crippen LogP contribution in [0.25, 0.3) is 5.52 Å². The van der Waals surface area contributed by atoms with Crippen molar-refractivity contribution < 1.29 is 43.4 Å². The summed E-state index contributed by atoms with van der Waals surface area (Å²) in [4.78, 5) is 29.2. The Morgan fingerprint density at radius 2 is 2.03 bits per heavy atom. The van der Waals surface area contributed by atoms with Gasteiger partial charge in [-0.3, -0.25) is 19.3 Å². The number of aliphatic hydroxyl groups is 2. The van der Waals surface area contributed by atoms with Gasteiger partial charge in [0.25, 0.3) is 6.26 Å². The quantitative estimate of drug-likeness (QED) is 0.167. The Hall–Kier alpha value is -2.79. The lowest BCUT2D eigenvalue weighted by molar-refractivity contribution is -0.155. The molecule has 31 heavy (non-hydrogen) atoms. The largest absolute Gasteiger partial charge is 0.471 e. The molecule has 0 amide bonds. The highest BCUT2D eigenvalue weighted by atomic mass is 31.2. The van der Waals surface area contributed by atoms with E-state index < -0.39 is 51.4 Å². The third-order valence-electron chi connectivity index (χ3n) is 4.16. The maximum absolute atomic E-state index is 11.6. The number of carbonyl (C=O) groups excluding carboxylic acids is 1. The second-order valence-corrected chi connectivity index (χ2v) is 7.96. The number of nitrogens with zero attached hydrogens (tertiary/aromatic N) is 4. The molecule has 0 fully saturated rings. The van der Waals surface area contributed by atoms with Crippen molar-refractivity contribution in [2.24, 2.45) is 5.92 Å². The fraction of sp³-hybridized carbons (Fsp3) is 0.500. The molecule has 14 nitrogen and oxygen atoms in total. The van der Waals surface area contributed by atoms with Gasteiger partial charge in [0.15, 0.2) is 11.6 Å². The molecule has 3 atom stereocenters. The average Bonchev–Trinajstić information content (AvgIpc) is 3.13. The number of ether oxygens (including phenoxy) is 2. The van der Waals surface area contributed by atoms with Crippen LogP contribution in [0.3, 0.4) is 0 Å². The molecule has 2 heterocycles. The summed E-state index contributed by atoms with van der Waals surface area (Å²) >= 11 is 0. The molecule has 2 rings (SSSR count). The van der Waals surface area contributed by atoms with E-state index in [9.17, 15) is 19.6 Å². The maximum Gasteiger partial charge on any atom is 0.471 e. The van der Waals surface area contributed by atoms with Crippen LogP contribution in [0.4, 0.5) is 0 Å². The lowest BCUT2D eigenvalue weighted by atomic mass is 10.1. The minimum atomic E-state index is -4.76. The minimum Gasteiger partial charge on any atom is -0.461 e. The zero-order valence-corrected chi connectivity index (χ0v) is 17.4. The van der Waals surface area contributed by atoms with Crippen molar-refractivity contribution in [2.75, 3.05) is 6.61 Å². The Labute approximate surface area is 175 Å². The topological polar surface area (TPSA) is 213 Å². The van der Waals surface area contributed by atoms with Crippen LogP contribution in [0.2, 0.25) is 0 Å². The van der Waals surface area contributed by atoms with Gasteiger partial charge in [-0.1, -0.05) is 13.8 Å². The van der Waals surface area contributed by atoms with Crippen LogP contribution < -0.4 is 5.49 Å². The van der Waals surface area contributed by atoms with Crippen LogP contribution >= 0.6 is 7.82 Å². The van der Waals surface area contributed by atoms with Crippen LogP contribution in [-0.2, 0) is 30.1 Å². The zero-order chi connectivity index (χ0) is 23.3. The molecule has 5 N–H and O–H groups in total. The first-order chi connectivity index (χ1) is 14.5. The number of aliphatic hydroxyl groups excluding tert-OH is 2. The van der Waals surface area contributed by atoms with E-state index >= 15 is 0 Å². The summed E-state index contributed by atoms with van der Waals surface area (Å²) < 4.78 is 27.0. The van der Waals surface area contributed by atoms with E-state index in [1.165, 1.54) is 18.4 Å². The predicted octanol–water partition coefficient (Wildman–Crippen LogP) is -0.858. The Morgan fingerprint density at radius 1 is 1.35 bits per heavy atom. The Balaban J connectivity index is 2.26. The first-order valence-corrected chi connectivity index (χ1v) is 10.4. The number of carbonyl (C=O) groups is 1. The number of nitrogens with one attached hydrogen (secondary N) is 1. The van der Waals surface area contributed by atoms with Crippen LogP contribution in [0.5, 0.6) is 0 Å². The molecule has 0 unspecified atom stereocenters. The van der Waals surface area contributed by atoms with Crippen molar-refractivity contribution in [1.82, 2.24) is 14.2 Å². The molecule has 2 aromatic heterocycles. The first kappa shape index (κ1) is 24.5. The highest BCUT2D eigenvalue weighted by molar-refractivity contribution is 7.46. The monoisotopic (exact) mass is 459 g/mol. The molecular weight excluding hydrogens is 437 g/mol. The average molecular weight is 459 g/mol. The lowest BCUT2D eigenvalue weighted by Crippen LogP contribution is -2.38. The third-order valence-corrected chi connectivity index (χ3v) is 4.61. The molecule has 0 aromatic carbocycles. The number of esters is 1. The Kier molecular flexibility index (Phi) is 7.91. The molecule has 0 saturated carbocycles. The van der Waals surface area contributed by atoms with E-state index in [1.54, 1.807) is 13.8 Å².